The maximum atomic E-state index is 6.31. The number of hydrogen-bond acceptors (Lipinski definition) is 4. The molecule has 240 valence electrons. The molecule has 3 aromatic heterocycles. The van der Waals surface area contributed by atoms with Gasteiger partial charge < -0.3 is 8.98 Å². The van der Waals surface area contributed by atoms with Crippen LogP contribution in [0.15, 0.2) is 168 Å². The maximum absolute atomic E-state index is 6.31. The fraction of sp³-hybridized carbons (Fsp3) is 0.0217. The van der Waals surface area contributed by atoms with Gasteiger partial charge in [-0.3, -0.25) is 0 Å². The molecule has 0 N–H and O–H groups in total. The molecule has 0 atom stereocenters. The van der Waals surface area contributed by atoms with E-state index in [0.717, 1.165) is 66.5 Å². The molecule has 0 aliphatic heterocycles. The number of fused-ring (bicyclic) bond motifs is 6. The summed E-state index contributed by atoms with van der Waals surface area (Å²) in [7, 11) is 0. The Kier molecular flexibility index (Phi) is 6.64. The Morgan fingerprint density at radius 2 is 1.06 bits per heavy atom. The standard InChI is InChI=1S/C46H30N4O/c1-29-23-25-35-34-17-8-10-20-38(34)50(40(35)27-29)39-26-24-32(33-19-12-22-42-43(33)36-18-9-11-21-41(36)51-42)28-37(39)46-48-44(30-13-4-2-5-14-30)47-45(49-46)31-15-6-3-7-16-31/h2-28H,1H3. The Morgan fingerprint density at radius 1 is 0.431 bits per heavy atom. The molecule has 3 heterocycles. The zero-order chi connectivity index (χ0) is 33.9. The van der Waals surface area contributed by atoms with Gasteiger partial charge in [0, 0.05) is 38.2 Å². The lowest BCUT2D eigenvalue weighted by Gasteiger charge is -2.17. The van der Waals surface area contributed by atoms with Crippen LogP contribution in [0.2, 0.25) is 0 Å². The van der Waals surface area contributed by atoms with Gasteiger partial charge in [-0.15, -0.1) is 0 Å². The lowest BCUT2D eigenvalue weighted by atomic mass is 9.96. The van der Waals surface area contributed by atoms with Gasteiger partial charge in [0.15, 0.2) is 17.5 Å². The number of aryl methyl sites for hydroxylation is 1. The average molecular weight is 655 g/mol. The molecule has 0 bridgehead atoms. The fourth-order valence-corrected chi connectivity index (χ4v) is 7.36. The molecule has 0 aliphatic rings. The quantitative estimate of drug-likeness (QED) is 0.185. The lowest BCUT2D eigenvalue weighted by Crippen LogP contribution is -2.04. The van der Waals surface area contributed by atoms with Crippen LogP contribution in [0.4, 0.5) is 0 Å². The smallest absolute Gasteiger partial charge is 0.166 e. The van der Waals surface area contributed by atoms with Gasteiger partial charge >= 0.3 is 0 Å². The molecule has 0 saturated heterocycles. The molecular weight excluding hydrogens is 625 g/mol. The monoisotopic (exact) mass is 654 g/mol. The minimum atomic E-state index is 0.599. The molecule has 0 fully saturated rings. The third kappa shape index (κ3) is 4.82. The highest BCUT2D eigenvalue weighted by molar-refractivity contribution is 6.13. The number of furan rings is 1. The van der Waals surface area contributed by atoms with Crippen molar-refractivity contribution in [2.24, 2.45) is 0 Å². The van der Waals surface area contributed by atoms with Crippen LogP contribution in [0.3, 0.4) is 0 Å². The average Bonchev–Trinajstić information content (AvgIpc) is 3.73. The second-order valence-electron chi connectivity index (χ2n) is 12.9. The molecule has 0 radical (unpaired) electrons. The summed E-state index contributed by atoms with van der Waals surface area (Å²) in [6.45, 7) is 2.14. The van der Waals surface area contributed by atoms with Gasteiger partial charge in [0.25, 0.3) is 0 Å². The van der Waals surface area contributed by atoms with E-state index in [1.54, 1.807) is 0 Å². The fourth-order valence-electron chi connectivity index (χ4n) is 7.36. The number of para-hydroxylation sites is 2. The van der Waals surface area contributed by atoms with Gasteiger partial charge in [-0.25, -0.2) is 15.0 Å². The van der Waals surface area contributed by atoms with Crippen LogP contribution in [0.1, 0.15) is 5.56 Å². The molecule has 0 amide bonds. The summed E-state index contributed by atoms with van der Waals surface area (Å²) in [5.74, 6) is 1.84. The first-order valence-electron chi connectivity index (χ1n) is 17.1. The van der Waals surface area contributed by atoms with Crippen molar-refractivity contribution in [1.29, 1.82) is 0 Å². The van der Waals surface area contributed by atoms with Crippen molar-refractivity contribution in [1.82, 2.24) is 19.5 Å². The molecule has 0 saturated carbocycles. The largest absolute Gasteiger partial charge is 0.456 e. The van der Waals surface area contributed by atoms with Crippen molar-refractivity contribution in [2.75, 3.05) is 0 Å². The molecule has 0 spiro atoms. The van der Waals surface area contributed by atoms with Gasteiger partial charge in [0.2, 0.25) is 0 Å². The second kappa shape index (κ2) is 11.6. The number of nitrogens with zero attached hydrogens (tertiary/aromatic N) is 4. The maximum Gasteiger partial charge on any atom is 0.166 e. The first-order chi connectivity index (χ1) is 25.2. The summed E-state index contributed by atoms with van der Waals surface area (Å²) in [5.41, 5.74) is 11.1. The minimum Gasteiger partial charge on any atom is -0.456 e. The van der Waals surface area contributed by atoms with E-state index in [2.05, 4.69) is 96.4 Å². The van der Waals surface area contributed by atoms with Crippen molar-refractivity contribution in [3.8, 4) is 51.0 Å². The summed E-state index contributed by atoms with van der Waals surface area (Å²) in [6, 6.07) is 56.7. The Morgan fingerprint density at radius 3 is 1.82 bits per heavy atom. The van der Waals surface area contributed by atoms with Crippen molar-refractivity contribution in [2.45, 2.75) is 6.92 Å². The number of hydrogen-bond donors (Lipinski definition) is 0. The topological polar surface area (TPSA) is 56.7 Å². The Balaban J connectivity index is 1.31. The summed E-state index contributed by atoms with van der Waals surface area (Å²) >= 11 is 0. The zero-order valence-corrected chi connectivity index (χ0v) is 27.8. The van der Waals surface area contributed by atoms with Gasteiger partial charge in [0.1, 0.15) is 11.2 Å². The molecule has 51 heavy (non-hydrogen) atoms. The third-order valence-electron chi connectivity index (χ3n) is 9.72. The summed E-state index contributed by atoms with van der Waals surface area (Å²) in [4.78, 5) is 15.5. The molecule has 0 unspecified atom stereocenters. The molecule has 10 aromatic rings. The minimum absolute atomic E-state index is 0.599. The zero-order valence-electron chi connectivity index (χ0n) is 27.8. The highest BCUT2D eigenvalue weighted by atomic mass is 16.3. The van der Waals surface area contributed by atoms with E-state index >= 15 is 0 Å². The molecule has 5 nitrogen and oxygen atoms in total. The SMILES string of the molecule is Cc1ccc2c3ccccc3n(-c3ccc(-c4cccc5oc6ccccc6c45)cc3-c3nc(-c4ccccc4)nc(-c4ccccc4)n3)c2c1. The van der Waals surface area contributed by atoms with Crippen LogP contribution in [0.25, 0.3) is 94.7 Å². The molecule has 0 aliphatic carbocycles. The molecular formula is C46H30N4O. The van der Waals surface area contributed by atoms with Crippen LogP contribution >= 0.6 is 0 Å². The van der Waals surface area contributed by atoms with Crippen molar-refractivity contribution >= 4 is 43.7 Å². The van der Waals surface area contributed by atoms with Gasteiger partial charge in [-0.1, -0.05) is 127 Å². The van der Waals surface area contributed by atoms with Crippen molar-refractivity contribution in [3.05, 3.63) is 169 Å². The summed E-state index contributed by atoms with van der Waals surface area (Å²) in [5, 5.41) is 4.57. The van der Waals surface area contributed by atoms with E-state index in [1.807, 2.05) is 78.9 Å². The lowest BCUT2D eigenvalue weighted by molar-refractivity contribution is 0.669. The van der Waals surface area contributed by atoms with E-state index in [4.69, 9.17) is 19.4 Å². The molecule has 10 rings (SSSR count). The number of rotatable bonds is 5. The highest BCUT2D eigenvalue weighted by Gasteiger charge is 2.21. The van der Waals surface area contributed by atoms with E-state index in [1.165, 1.54) is 16.3 Å². The summed E-state index contributed by atoms with van der Waals surface area (Å²) < 4.78 is 8.67. The highest BCUT2D eigenvalue weighted by Crippen LogP contribution is 2.41. The van der Waals surface area contributed by atoms with Crippen LogP contribution < -0.4 is 0 Å². The second-order valence-corrected chi connectivity index (χ2v) is 12.9. The number of aromatic nitrogens is 4. The number of benzene rings is 7. The van der Waals surface area contributed by atoms with Crippen LogP contribution in [0.5, 0.6) is 0 Å². The van der Waals surface area contributed by atoms with E-state index in [0.29, 0.717) is 17.5 Å². The van der Waals surface area contributed by atoms with Gasteiger partial charge in [0.05, 0.1) is 16.7 Å². The van der Waals surface area contributed by atoms with Gasteiger partial charge in [-0.05, 0) is 60.0 Å². The third-order valence-corrected chi connectivity index (χ3v) is 9.72. The molecule has 5 heteroatoms. The van der Waals surface area contributed by atoms with E-state index in [9.17, 15) is 0 Å². The summed E-state index contributed by atoms with van der Waals surface area (Å²) in [6.07, 6.45) is 0. The van der Waals surface area contributed by atoms with Crippen molar-refractivity contribution in [3.63, 3.8) is 0 Å². The van der Waals surface area contributed by atoms with Crippen LogP contribution in [0, 0.1) is 6.92 Å². The van der Waals surface area contributed by atoms with E-state index < -0.39 is 0 Å². The Labute approximate surface area is 294 Å². The normalized spacial score (nSPS) is 11.6. The Hall–Kier alpha value is -6.85. The Bertz CT molecular complexity index is 2870. The van der Waals surface area contributed by atoms with E-state index in [-0.39, 0.29) is 0 Å². The molecule has 7 aromatic carbocycles. The predicted octanol–water partition coefficient (Wildman–Crippen LogP) is 11.8. The first kappa shape index (κ1) is 29.1. The van der Waals surface area contributed by atoms with Crippen LogP contribution in [-0.4, -0.2) is 19.5 Å². The predicted molar refractivity (Wildman–Crippen MR) is 208 cm³/mol. The first-order valence-corrected chi connectivity index (χ1v) is 17.1. The van der Waals surface area contributed by atoms with Gasteiger partial charge in [-0.2, -0.15) is 0 Å². The van der Waals surface area contributed by atoms with Crippen molar-refractivity contribution < 1.29 is 4.42 Å². The van der Waals surface area contributed by atoms with Crippen LogP contribution in [-0.2, 0) is 0 Å².